The standard InChI is InChI=1S/C15H30OS/c1-3-4-5-6-7-8-9-10-11-12-13-14-15(17)16-2/h3-14H2,1-2H3. The third-order valence-electron chi connectivity index (χ3n) is 3.21. The molecule has 0 aliphatic carbocycles. The monoisotopic (exact) mass is 258 g/mol. The van der Waals surface area contributed by atoms with Crippen LogP contribution in [0.5, 0.6) is 0 Å². The Morgan fingerprint density at radius 3 is 1.59 bits per heavy atom. The van der Waals surface area contributed by atoms with E-state index in [0.717, 1.165) is 11.5 Å². The van der Waals surface area contributed by atoms with Gasteiger partial charge < -0.3 is 4.74 Å². The van der Waals surface area contributed by atoms with Crippen LogP contribution < -0.4 is 0 Å². The molecule has 0 amide bonds. The summed E-state index contributed by atoms with van der Waals surface area (Å²) in [5.41, 5.74) is 0. The van der Waals surface area contributed by atoms with Gasteiger partial charge in [0.25, 0.3) is 0 Å². The van der Waals surface area contributed by atoms with Crippen molar-refractivity contribution in [1.82, 2.24) is 0 Å². The van der Waals surface area contributed by atoms with E-state index >= 15 is 0 Å². The van der Waals surface area contributed by atoms with Crippen LogP contribution in [-0.2, 0) is 4.74 Å². The lowest BCUT2D eigenvalue weighted by Gasteiger charge is -2.03. The maximum absolute atomic E-state index is 5.00. The molecule has 0 N–H and O–H groups in total. The summed E-state index contributed by atoms with van der Waals surface area (Å²) in [4.78, 5) is 0. The van der Waals surface area contributed by atoms with Crippen molar-refractivity contribution >= 4 is 17.3 Å². The minimum atomic E-state index is 0.765. The molecule has 0 saturated carbocycles. The summed E-state index contributed by atoms with van der Waals surface area (Å²) < 4.78 is 4.97. The number of unbranched alkanes of at least 4 members (excludes halogenated alkanes) is 10. The third kappa shape index (κ3) is 13.8. The molecule has 2 heteroatoms. The van der Waals surface area contributed by atoms with Crippen molar-refractivity contribution in [3.63, 3.8) is 0 Å². The fourth-order valence-corrected chi connectivity index (χ4v) is 2.18. The highest BCUT2D eigenvalue weighted by molar-refractivity contribution is 7.80. The zero-order valence-electron chi connectivity index (χ0n) is 11.8. The van der Waals surface area contributed by atoms with Gasteiger partial charge in [0.05, 0.1) is 7.11 Å². The van der Waals surface area contributed by atoms with Crippen molar-refractivity contribution in [2.24, 2.45) is 0 Å². The highest BCUT2D eigenvalue weighted by Gasteiger charge is 1.96. The molecular formula is C15H30OS. The lowest BCUT2D eigenvalue weighted by atomic mass is 10.1. The van der Waals surface area contributed by atoms with E-state index in [1.54, 1.807) is 7.11 Å². The maximum atomic E-state index is 5.00. The van der Waals surface area contributed by atoms with Crippen LogP contribution in [0.2, 0.25) is 0 Å². The molecule has 0 unspecified atom stereocenters. The van der Waals surface area contributed by atoms with E-state index in [-0.39, 0.29) is 0 Å². The third-order valence-corrected chi connectivity index (χ3v) is 3.58. The molecule has 0 spiro atoms. The SMILES string of the molecule is CCCCCCCCCCCCCC(=S)OC. The summed E-state index contributed by atoms with van der Waals surface area (Å²) >= 11 is 5.00. The number of rotatable bonds is 12. The summed E-state index contributed by atoms with van der Waals surface area (Å²) in [6.45, 7) is 2.27. The molecule has 0 aliphatic rings. The summed E-state index contributed by atoms with van der Waals surface area (Å²) in [6.07, 6.45) is 16.2. The first-order valence-electron chi connectivity index (χ1n) is 7.38. The van der Waals surface area contributed by atoms with Crippen LogP contribution >= 0.6 is 12.2 Å². The van der Waals surface area contributed by atoms with Crippen LogP contribution in [0.3, 0.4) is 0 Å². The zero-order chi connectivity index (χ0) is 12.8. The Kier molecular flexibility index (Phi) is 13.9. The number of ether oxygens (including phenoxy) is 1. The largest absolute Gasteiger partial charge is 0.490 e. The molecular weight excluding hydrogens is 228 g/mol. The summed E-state index contributed by atoms with van der Waals surface area (Å²) in [6, 6.07) is 0. The van der Waals surface area contributed by atoms with Gasteiger partial charge in [-0.3, -0.25) is 0 Å². The quantitative estimate of drug-likeness (QED) is 0.330. The maximum Gasteiger partial charge on any atom is 0.159 e. The topological polar surface area (TPSA) is 9.23 Å². The highest BCUT2D eigenvalue weighted by atomic mass is 32.1. The van der Waals surface area contributed by atoms with Crippen molar-refractivity contribution < 1.29 is 4.74 Å². The van der Waals surface area contributed by atoms with Crippen molar-refractivity contribution in [2.75, 3.05) is 7.11 Å². The Morgan fingerprint density at radius 2 is 1.18 bits per heavy atom. The van der Waals surface area contributed by atoms with E-state index in [1.165, 1.54) is 70.6 Å². The van der Waals surface area contributed by atoms with E-state index < -0.39 is 0 Å². The second-order valence-electron chi connectivity index (χ2n) is 4.86. The van der Waals surface area contributed by atoms with Gasteiger partial charge in [0, 0.05) is 6.42 Å². The Hall–Kier alpha value is -0.110. The molecule has 102 valence electrons. The Balaban J connectivity index is 2.96. The molecule has 0 saturated heterocycles. The first-order chi connectivity index (χ1) is 8.31. The van der Waals surface area contributed by atoms with E-state index in [0.29, 0.717) is 0 Å². The molecule has 0 aliphatic heterocycles. The average Bonchev–Trinajstić information content (AvgIpc) is 2.35. The van der Waals surface area contributed by atoms with Gasteiger partial charge in [-0.2, -0.15) is 0 Å². The second-order valence-corrected chi connectivity index (χ2v) is 5.32. The minimum Gasteiger partial charge on any atom is -0.490 e. The minimum absolute atomic E-state index is 0.765. The van der Waals surface area contributed by atoms with Crippen molar-refractivity contribution in [2.45, 2.75) is 84.0 Å². The normalized spacial score (nSPS) is 10.5. The van der Waals surface area contributed by atoms with Gasteiger partial charge in [-0.05, 0) is 18.6 Å². The van der Waals surface area contributed by atoms with Gasteiger partial charge in [-0.1, -0.05) is 71.1 Å². The number of thiocarbonyl (C=S) groups is 1. The van der Waals surface area contributed by atoms with Gasteiger partial charge in [0.15, 0.2) is 5.05 Å². The van der Waals surface area contributed by atoms with Gasteiger partial charge in [0.2, 0.25) is 0 Å². The Bertz CT molecular complexity index is 168. The number of hydrogen-bond donors (Lipinski definition) is 0. The number of methoxy groups -OCH3 is 1. The van der Waals surface area contributed by atoms with E-state index in [4.69, 9.17) is 17.0 Å². The Morgan fingerprint density at radius 1 is 0.765 bits per heavy atom. The van der Waals surface area contributed by atoms with Crippen LogP contribution in [0.1, 0.15) is 84.0 Å². The van der Waals surface area contributed by atoms with E-state index in [2.05, 4.69) is 6.92 Å². The second kappa shape index (κ2) is 14.0. The van der Waals surface area contributed by atoms with Crippen molar-refractivity contribution in [3.05, 3.63) is 0 Å². The smallest absolute Gasteiger partial charge is 0.159 e. The number of hydrogen-bond acceptors (Lipinski definition) is 2. The van der Waals surface area contributed by atoms with Gasteiger partial charge >= 0.3 is 0 Å². The Labute approximate surface area is 113 Å². The molecule has 0 aromatic carbocycles. The molecule has 0 aromatic rings. The molecule has 0 rings (SSSR count). The van der Waals surface area contributed by atoms with Crippen LogP contribution in [0.15, 0.2) is 0 Å². The predicted molar refractivity (Wildman–Crippen MR) is 80.7 cm³/mol. The summed E-state index contributed by atoms with van der Waals surface area (Å²) in [5, 5.41) is 0.765. The van der Waals surface area contributed by atoms with Crippen LogP contribution in [0.4, 0.5) is 0 Å². The van der Waals surface area contributed by atoms with Crippen molar-refractivity contribution in [3.8, 4) is 0 Å². The molecule has 0 fully saturated rings. The highest BCUT2D eigenvalue weighted by Crippen LogP contribution is 2.12. The lowest BCUT2D eigenvalue weighted by molar-refractivity contribution is 0.399. The molecule has 17 heavy (non-hydrogen) atoms. The lowest BCUT2D eigenvalue weighted by Crippen LogP contribution is -1.96. The van der Waals surface area contributed by atoms with Crippen molar-refractivity contribution in [1.29, 1.82) is 0 Å². The van der Waals surface area contributed by atoms with Gasteiger partial charge in [0.1, 0.15) is 0 Å². The molecule has 0 bridgehead atoms. The average molecular weight is 258 g/mol. The van der Waals surface area contributed by atoms with Gasteiger partial charge in [-0.25, -0.2) is 0 Å². The van der Waals surface area contributed by atoms with Crippen LogP contribution in [0.25, 0.3) is 0 Å². The fraction of sp³-hybridized carbons (Fsp3) is 0.933. The molecule has 0 radical (unpaired) electrons. The van der Waals surface area contributed by atoms with Crippen LogP contribution in [0, 0.1) is 0 Å². The van der Waals surface area contributed by atoms with Gasteiger partial charge in [-0.15, -0.1) is 0 Å². The molecule has 0 atom stereocenters. The zero-order valence-corrected chi connectivity index (χ0v) is 12.6. The fourth-order valence-electron chi connectivity index (χ4n) is 2.04. The first-order valence-corrected chi connectivity index (χ1v) is 7.79. The first kappa shape index (κ1) is 16.9. The molecule has 0 aromatic heterocycles. The molecule has 0 heterocycles. The molecule has 1 nitrogen and oxygen atoms in total. The predicted octanol–water partition coefficient (Wildman–Crippen LogP) is 5.66. The summed E-state index contributed by atoms with van der Waals surface area (Å²) in [7, 11) is 1.67. The van der Waals surface area contributed by atoms with E-state index in [9.17, 15) is 0 Å². The van der Waals surface area contributed by atoms with Crippen LogP contribution in [-0.4, -0.2) is 12.2 Å². The van der Waals surface area contributed by atoms with E-state index in [1.807, 2.05) is 0 Å². The summed E-state index contributed by atoms with van der Waals surface area (Å²) in [5.74, 6) is 0.